The van der Waals surface area contributed by atoms with Crippen LogP contribution in [0.4, 0.5) is 0 Å². The summed E-state index contributed by atoms with van der Waals surface area (Å²) in [6.07, 6.45) is 3.30. The molecule has 1 aliphatic heterocycles. The van der Waals surface area contributed by atoms with Gasteiger partial charge in [-0.1, -0.05) is 6.92 Å². The highest BCUT2D eigenvalue weighted by atomic mass is 16.2. The molecule has 0 fully saturated rings. The fourth-order valence-corrected chi connectivity index (χ4v) is 1.30. The number of imide groups is 1. The lowest BCUT2D eigenvalue weighted by molar-refractivity contribution is -0.139. The second-order valence-electron chi connectivity index (χ2n) is 2.80. The van der Waals surface area contributed by atoms with Crippen LogP contribution in [0.2, 0.25) is 0 Å². The fourth-order valence-electron chi connectivity index (χ4n) is 1.30. The summed E-state index contributed by atoms with van der Waals surface area (Å²) in [5.41, 5.74) is 0. The normalized spacial score (nSPS) is 17.7. The summed E-state index contributed by atoms with van der Waals surface area (Å²) in [5, 5.41) is 8.48. The van der Waals surface area contributed by atoms with Crippen molar-refractivity contribution in [3.05, 3.63) is 12.2 Å². The van der Waals surface area contributed by atoms with Crippen molar-refractivity contribution in [3.63, 3.8) is 0 Å². The van der Waals surface area contributed by atoms with E-state index in [4.69, 9.17) is 5.26 Å². The average Bonchev–Trinajstić information content (AvgIpc) is 2.43. The Kier molecular flexibility index (Phi) is 2.80. The molecule has 0 bridgehead atoms. The Morgan fingerprint density at radius 1 is 1.46 bits per heavy atom. The monoisotopic (exact) mass is 178 g/mol. The van der Waals surface area contributed by atoms with Crippen LogP contribution >= 0.6 is 0 Å². The molecule has 1 atom stereocenters. The molecule has 0 aromatic rings. The van der Waals surface area contributed by atoms with Gasteiger partial charge >= 0.3 is 0 Å². The van der Waals surface area contributed by atoms with Crippen LogP contribution in [-0.4, -0.2) is 22.8 Å². The molecule has 0 spiro atoms. The molecule has 0 aromatic heterocycles. The second kappa shape index (κ2) is 3.85. The topological polar surface area (TPSA) is 61.2 Å². The molecule has 68 valence electrons. The van der Waals surface area contributed by atoms with E-state index in [1.54, 1.807) is 0 Å². The summed E-state index contributed by atoms with van der Waals surface area (Å²) >= 11 is 0. The van der Waals surface area contributed by atoms with Crippen molar-refractivity contribution in [2.24, 2.45) is 0 Å². The molecular formula is C9H10N2O2. The lowest BCUT2D eigenvalue weighted by atomic mass is 10.1. The minimum atomic E-state index is -0.313. The van der Waals surface area contributed by atoms with Crippen LogP contribution in [0, 0.1) is 11.3 Å². The van der Waals surface area contributed by atoms with Gasteiger partial charge in [-0.05, 0) is 6.42 Å². The van der Waals surface area contributed by atoms with Crippen molar-refractivity contribution in [1.82, 2.24) is 4.90 Å². The largest absolute Gasteiger partial charge is 0.271 e. The second-order valence-corrected chi connectivity index (χ2v) is 2.80. The molecule has 1 aliphatic rings. The van der Waals surface area contributed by atoms with Crippen LogP contribution in [0.5, 0.6) is 0 Å². The Morgan fingerprint density at radius 2 is 2.00 bits per heavy atom. The van der Waals surface area contributed by atoms with Gasteiger partial charge in [0.2, 0.25) is 0 Å². The lowest BCUT2D eigenvalue weighted by Gasteiger charge is -2.22. The van der Waals surface area contributed by atoms with Gasteiger partial charge in [-0.15, -0.1) is 0 Å². The fraction of sp³-hybridized carbons (Fsp3) is 0.444. The molecule has 0 N–H and O–H groups in total. The van der Waals surface area contributed by atoms with Crippen molar-refractivity contribution in [1.29, 1.82) is 5.26 Å². The van der Waals surface area contributed by atoms with Crippen molar-refractivity contribution < 1.29 is 9.59 Å². The highest BCUT2D eigenvalue weighted by molar-refractivity contribution is 6.13. The lowest BCUT2D eigenvalue weighted by Crippen LogP contribution is -2.39. The number of hydrogen-bond acceptors (Lipinski definition) is 3. The maximum atomic E-state index is 11.2. The Morgan fingerprint density at radius 3 is 2.38 bits per heavy atom. The third-order valence-electron chi connectivity index (χ3n) is 2.01. The molecule has 13 heavy (non-hydrogen) atoms. The predicted molar refractivity (Wildman–Crippen MR) is 45.3 cm³/mol. The van der Waals surface area contributed by atoms with Crippen LogP contribution in [0.1, 0.15) is 19.8 Å². The molecule has 0 aromatic carbocycles. The molecule has 1 unspecified atom stereocenters. The smallest absolute Gasteiger partial charge is 0.253 e. The molecule has 0 radical (unpaired) electrons. The van der Waals surface area contributed by atoms with Crippen LogP contribution in [-0.2, 0) is 9.59 Å². The first-order valence-corrected chi connectivity index (χ1v) is 4.13. The third-order valence-corrected chi connectivity index (χ3v) is 2.01. The van der Waals surface area contributed by atoms with E-state index in [-0.39, 0.29) is 24.3 Å². The van der Waals surface area contributed by atoms with Gasteiger partial charge in [-0.25, -0.2) is 0 Å². The van der Waals surface area contributed by atoms with Crippen LogP contribution in [0.15, 0.2) is 12.2 Å². The van der Waals surface area contributed by atoms with E-state index in [1.807, 2.05) is 13.0 Å². The van der Waals surface area contributed by atoms with Gasteiger partial charge in [0.1, 0.15) is 0 Å². The number of carbonyl (C=O) groups excluding carboxylic acids is 2. The van der Waals surface area contributed by atoms with E-state index in [1.165, 1.54) is 12.2 Å². The predicted octanol–water partition coefficient (Wildman–Crippen LogP) is 0.604. The summed E-state index contributed by atoms with van der Waals surface area (Å²) in [7, 11) is 0. The van der Waals surface area contributed by atoms with Crippen LogP contribution in [0.3, 0.4) is 0 Å². The first kappa shape index (κ1) is 9.46. The van der Waals surface area contributed by atoms with Crippen molar-refractivity contribution in [2.75, 3.05) is 0 Å². The van der Waals surface area contributed by atoms with Gasteiger partial charge in [-0.2, -0.15) is 5.26 Å². The molecule has 1 rings (SSSR count). The average molecular weight is 178 g/mol. The number of rotatable bonds is 3. The van der Waals surface area contributed by atoms with Gasteiger partial charge in [0.15, 0.2) is 0 Å². The van der Waals surface area contributed by atoms with E-state index in [2.05, 4.69) is 0 Å². The van der Waals surface area contributed by atoms with E-state index in [0.29, 0.717) is 6.42 Å². The number of nitrogens with zero attached hydrogens (tertiary/aromatic N) is 2. The number of amides is 2. The van der Waals surface area contributed by atoms with Gasteiger partial charge in [0, 0.05) is 12.2 Å². The zero-order chi connectivity index (χ0) is 9.84. The Balaban J connectivity index is 2.75. The molecular weight excluding hydrogens is 168 g/mol. The minimum absolute atomic E-state index is 0.204. The Hall–Kier alpha value is -1.63. The number of nitriles is 1. The standard InChI is InChI=1S/C9H10N2O2/c1-2-7(5-6-10)11-8(12)3-4-9(11)13/h3-4,7H,2,5H2,1H3. The van der Waals surface area contributed by atoms with Crippen LogP contribution < -0.4 is 0 Å². The number of hydrogen-bond donors (Lipinski definition) is 0. The van der Waals surface area contributed by atoms with Crippen molar-refractivity contribution in [2.45, 2.75) is 25.8 Å². The molecule has 4 nitrogen and oxygen atoms in total. The maximum Gasteiger partial charge on any atom is 0.253 e. The molecule has 1 heterocycles. The van der Waals surface area contributed by atoms with Gasteiger partial charge in [-0.3, -0.25) is 14.5 Å². The van der Waals surface area contributed by atoms with Crippen LogP contribution in [0.25, 0.3) is 0 Å². The molecule has 0 aliphatic carbocycles. The quantitative estimate of drug-likeness (QED) is 0.594. The van der Waals surface area contributed by atoms with Crippen molar-refractivity contribution >= 4 is 11.8 Å². The first-order chi connectivity index (χ1) is 6.20. The zero-order valence-electron chi connectivity index (χ0n) is 7.36. The SMILES string of the molecule is CCC(CC#N)N1C(=O)C=CC1=O. The molecule has 0 saturated carbocycles. The molecule has 4 heteroatoms. The molecule has 2 amide bonds. The summed E-state index contributed by atoms with van der Waals surface area (Å²) < 4.78 is 0. The highest BCUT2D eigenvalue weighted by Crippen LogP contribution is 2.14. The highest BCUT2D eigenvalue weighted by Gasteiger charge is 2.29. The zero-order valence-corrected chi connectivity index (χ0v) is 7.36. The van der Waals surface area contributed by atoms with Gasteiger partial charge < -0.3 is 0 Å². The van der Waals surface area contributed by atoms with Gasteiger partial charge in [0.25, 0.3) is 11.8 Å². The summed E-state index contributed by atoms with van der Waals surface area (Å²) in [6, 6.07) is 1.69. The number of carbonyl (C=O) groups is 2. The third kappa shape index (κ3) is 1.75. The molecule has 0 saturated heterocycles. The van der Waals surface area contributed by atoms with Gasteiger partial charge in [0.05, 0.1) is 18.5 Å². The summed E-state index contributed by atoms with van der Waals surface area (Å²) in [5.74, 6) is -0.626. The first-order valence-electron chi connectivity index (χ1n) is 4.13. The van der Waals surface area contributed by atoms with Crippen molar-refractivity contribution in [3.8, 4) is 6.07 Å². The van der Waals surface area contributed by atoms with E-state index in [9.17, 15) is 9.59 Å². The maximum absolute atomic E-state index is 11.2. The van der Waals surface area contributed by atoms with E-state index < -0.39 is 0 Å². The minimum Gasteiger partial charge on any atom is -0.271 e. The summed E-state index contributed by atoms with van der Waals surface area (Å²) in [6.45, 7) is 1.85. The summed E-state index contributed by atoms with van der Waals surface area (Å²) in [4.78, 5) is 23.5. The Labute approximate surface area is 76.4 Å². The van der Waals surface area contributed by atoms with E-state index in [0.717, 1.165) is 4.90 Å². The Bertz CT molecular complexity index is 283. The van der Waals surface area contributed by atoms with E-state index >= 15 is 0 Å².